The molecule has 2 unspecified atom stereocenters. The van der Waals surface area contributed by atoms with Gasteiger partial charge in [-0.1, -0.05) is 31.0 Å². The Balaban J connectivity index is 1.35. The Kier molecular flexibility index (Phi) is 6.72. The molecule has 2 aromatic rings. The van der Waals surface area contributed by atoms with Crippen LogP contribution in [0.3, 0.4) is 0 Å². The summed E-state index contributed by atoms with van der Waals surface area (Å²) < 4.78 is 5.29. The Labute approximate surface area is 192 Å². The molecule has 0 saturated heterocycles. The van der Waals surface area contributed by atoms with E-state index in [1.54, 1.807) is 17.0 Å². The largest absolute Gasteiger partial charge is 0.455 e. The molecule has 8 heteroatoms. The minimum atomic E-state index is -0.559. The van der Waals surface area contributed by atoms with E-state index in [1.807, 2.05) is 24.3 Å². The predicted molar refractivity (Wildman–Crippen MR) is 122 cm³/mol. The third-order valence-corrected chi connectivity index (χ3v) is 6.34. The number of carbonyl (C=O) groups is 4. The standard InChI is InChI=1S/C25H27N3O5/c26-23(30)17-9-11-18(12-10-17)27-22(29)15-33-25(32)20-7-3-2-6-19(20)24(31)28-14-13-16-5-1-4-8-21(16)28/h1,4-5,8-12,19-20H,2-3,6-7,13-15H2,(H2,26,30)(H,27,29). The Morgan fingerprint density at radius 1 is 0.970 bits per heavy atom. The Bertz CT molecular complexity index is 1070. The van der Waals surface area contributed by atoms with Gasteiger partial charge in [-0.3, -0.25) is 19.2 Å². The van der Waals surface area contributed by atoms with Crippen LogP contribution in [0.2, 0.25) is 0 Å². The number of rotatable bonds is 6. The Morgan fingerprint density at radius 2 is 1.67 bits per heavy atom. The van der Waals surface area contributed by atoms with Crippen LogP contribution in [-0.2, 0) is 25.5 Å². The smallest absolute Gasteiger partial charge is 0.310 e. The molecule has 2 aliphatic rings. The molecule has 8 nitrogen and oxygen atoms in total. The summed E-state index contributed by atoms with van der Waals surface area (Å²) in [4.78, 5) is 51.3. The molecule has 0 bridgehead atoms. The average molecular weight is 450 g/mol. The molecule has 1 heterocycles. The summed E-state index contributed by atoms with van der Waals surface area (Å²) in [5, 5.41) is 2.61. The lowest BCUT2D eigenvalue weighted by molar-refractivity contribution is -0.156. The van der Waals surface area contributed by atoms with E-state index in [-0.39, 0.29) is 5.91 Å². The van der Waals surface area contributed by atoms with Crippen molar-refractivity contribution in [2.75, 3.05) is 23.4 Å². The summed E-state index contributed by atoms with van der Waals surface area (Å²) in [6, 6.07) is 13.9. The third-order valence-electron chi connectivity index (χ3n) is 6.34. The van der Waals surface area contributed by atoms with Crippen LogP contribution >= 0.6 is 0 Å². The van der Waals surface area contributed by atoms with Gasteiger partial charge in [0.25, 0.3) is 5.91 Å². The van der Waals surface area contributed by atoms with Crippen molar-refractivity contribution in [2.24, 2.45) is 17.6 Å². The summed E-state index contributed by atoms with van der Waals surface area (Å²) in [7, 11) is 0. The second kappa shape index (κ2) is 9.85. The van der Waals surface area contributed by atoms with Gasteiger partial charge in [0, 0.05) is 23.5 Å². The number of anilines is 2. The van der Waals surface area contributed by atoms with Crippen LogP contribution in [0.1, 0.15) is 41.6 Å². The van der Waals surface area contributed by atoms with Gasteiger partial charge in [0.05, 0.1) is 11.8 Å². The number of nitrogens with zero attached hydrogens (tertiary/aromatic N) is 1. The highest BCUT2D eigenvalue weighted by atomic mass is 16.5. The fourth-order valence-electron chi connectivity index (χ4n) is 4.63. The van der Waals surface area contributed by atoms with E-state index >= 15 is 0 Å². The number of amides is 3. The predicted octanol–water partition coefficient (Wildman–Crippen LogP) is 2.66. The van der Waals surface area contributed by atoms with Crippen LogP contribution in [0.15, 0.2) is 48.5 Å². The van der Waals surface area contributed by atoms with Gasteiger partial charge < -0.3 is 20.7 Å². The van der Waals surface area contributed by atoms with E-state index in [0.717, 1.165) is 30.5 Å². The molecular weight excluding hydrogens is 422 g/mol. The number of fused-ring (bicyclic) bond motifs is 1. The zero-order valence-electron chi connectivity index (χ0n) is 18.3. The normalized spacial score (nSPS) is 19.5. The molecule has 0 aromatic heterocycles. The van der Waals surface area contributed by atoms with Gasteiger partial charge in [-0.05, 0) is 55.2 Å². The number of benzene rings is 2. The van der Waals surface area contributed by atoms with Gasteiger partial charge in [0.15, 0.2) is 6.61 Å². The van der Waals surface area contributed by atoms with Gasteiger partial charge in [-0.2, -0.15) is 0 Å². The molecule has 3 N–H and O–H groups in total. The van der Waals surface area contributed by atoms with Crippen LogP contribution in [0.25, 0.3) is 0 Å². The topological polar surface area (TPSA) is 119 Å². The molecule has 0 radical (unpaired) electrons. The molecule has 2 atom stereocenters. The molecule has 172 valence electrons. The average Bonchev–Trinajstić information content (AvgIpc) is 3.26. The molecule has 1 aliphatic carbocycles. The summed E-state index contributed by atoms with van der Waals surface area (Å²) in [5.41, 5.74) is 8.05. The number of ether oxygens (including phenoxy) is 1. The van der Waals surface area contributed by atoms with Crippen LogP contribution < -0.4 is 16.0 Å². The van der Waals surface area contributed by atoms with Gasteiger partial charge in [-0.25, -0.2) is 0 Å². The number of nitrogens with one attached hydrogen (secondary N) is 1. The molecule has 2 aromatic carbocycles. The maximum absolute atomic E-state index is 13.3. The van der Waals surface area contributed by atoms with Gasteiger partial charge in [0.1, 0.15) is 0 Å². The number of carbonyl (C=O) groups excluding carboxylic acids is 4. The van der Waals surface area contributed by atoms with Gasteiger partial charge in [-0.15, -0.1) is 0 Å². The van der Waals surface area contributed by atoms with Gasteiger partial charge in [0.2, 0.25) is 11.8 Å². The van der Waals surface area contributed by atoms with E-state index in [4.69, 9.17) is 10.5 Å². The lowest BCUT2D eigenvalue weighted by Crippen LogP contribution is -2.42. The van der Waals surface area contributed by atoms with Crippen LogP contribution in [0.5, 0.6) is 0 Å². The fourth-order valence-corrected chi connectivity index (χ4v) is 4.63. The molecule has 33 heavy (non-hydrogen) atoms. The highest BCUT2D eigenvalue weighted by Crippen LogP contribution is 2.36. The zero-order chi connectivity index (χ0) is 23.4. The first-order valence-corrected chi connectivity index (χ1v) is 11.2. The quantitative estimate of drug-likeness (QED) is 0.657. The molecule has 4 rings (SSSR count). The lowest BCUT2D eigenvalue weighted by Gasteiger charge is -2.32. The highest BCUT2D eigenvalue weighted by Gasteiger charge is 2.40. The van der Waals surface area contributed by atoms with E-state index in [0.29, 0.717) is 30.6 Å². The molecular formula is C25H27N3O5. The van der Waals surface area contributed by atoms with E-state index < -0.39 is 36.2 Å². The SMILES string of the molecule is NC(=O)c1ccc(NC(=O)COC(=O)C2CCCCC2C(=O)N2CCc3ccccc32)cc1. The molecule has 3 amide bonds. The van der Waals surface area contributed by atoms with Crippen molar-refractivity contribution in [3.8, 4) is 0 Å². The van der Waals surface area contributed by atoms with Gasteiger partial charge >= 0.3 is 5.97 Å². The first-order valence-electron chi connectivity index (χ1n) is 11.2. The minimum absolute atomic E-state index is 0.0411. The fraction of sp³-hybridized carbons (Fsp3) is 0.360. The van der Waals surface area contributed by atoms with Crippen LogP contribution in [0.4, 0.5) is 11.4 Å². The van der Waals surface area contributed by atoms with E-state index in [1.165, 1.54) is 12.1 Å². The number of hydrogen-bond donors (Lipinski definition) is 2. The third kappa shape index (κ3) is 5.05. The van der Waals surface area contributed by atoms with Crippen molar-refractivity contribution >= 4 is 35.1 Å². The van der Waals surface area contributed by atoms with Crippen molar-refractivity contribution in [3.63, 3.8) is 0 Å². The van der Waals surface area contributed by atoms with Crippen LogP contribution in [0, 0.1) is 11.8 Å². The summed E-state index contributed by atoms with van der Waals surface area (Å²) in [5.74, 6) is -2.61. The maximum atomic E-state index is 13.3. The first kappa shape index (κ1) is 22.5. The van der Waals surface area contributed by atoms with Crippen molar-refractivity contribution in [2.45, 2.75) is 32.1 Å². The van der Waals surface area contributed by atoms with Crippen molar-refractivity contribution in [1.29, 1.82) is 0 Å². The van der Waals surface area contributed by atoms with Crippen molar-refractivity contribution in [3.05, 3.63) is 59.7 Å². The molecule has 1 saturated carbocycles. The molecule has 1 aliphatic heterocycles. The molecule has 0 spiro atoms. The number of primary amides is 1. The van der Waals surface area contributed by atoms with Crippen molar-refractivity contribution < 1.29 is 23.9 Å². The summed E-state index contributed by atoms with van der Waals surface area (Å²) >= 11 is 0. The van der Waals surface area contributed by atoms with E-state index in [9.17, 15) is 19.2 Å². The first-order chi connectivity index (χ1) is 15.9. The number of para-hydroxylation sites is 1. The maximum Gasteiger partial charge on any atom is 0.310 e. The van der Waals surface area contributed by atoms with Crippen molar-refractivity contribution in [1.82, 2.24) is 0 Å². The number of hydrogen-bond acceptors (Lipinski definition) is 5. The van der Waals surface area contributed by atoms with E-state index in [2.05, 4.69) is 5.32 Å². The second-order valence-electron chi connectivity index (χ2n) is 8.46. The highest BCUT2D eigenvalue weighted by molar-refractivity contribution is 5.99. The monoisotopic (exact) mass is 449 g/mol. The summed E-state index contributed by atoms with van der Waals surface area (Å²) in [6.07, 6.45) is 3.75. The van der Waals surface area contributed by atoms with Crippen LogP contribution in [-0.4, -0.2) is 36.8 Å². The summed E-state index contributed by atoms with van der Waals surface area (Å²) in [6.45, 7) is 0.174. The zero-order valence-corrected chi connectivity index (χ0v) is 18.3. The second-order valence-corrected chi connectivity index (χ2v) is 8.46. The minimum Gasteiger partial charge on any atom is -0.455 e. The number of nitrogens with two attached hydrogens (primary N) is 1. The Hall–Kier alpha value is -3.68. The Morgan fingerprint density at radius 3 is 2.39 bits per heavy atom. The number of esters is 1. The molecule has 1 fully saturated rings. The lowest BCUT2D eigenvalue weighted by atomic mass is 9.78.